The first-order chi connectivity index (χ1) is 15.6. The van der Waals surface area contributed by atoms with E-state index in [1.807, 2.05) is 18.2 Å². The lowest BCUT2D eigenvalue weighted by atomic mass is 9.95. The standard InChI is InChI=1S/C25H24O8/c1-12(26)25(3,29)19-11-16(28)22-18(32-13(2)27)10-15-9-14-7-6-8-17(30-4)20(14)23(31-5)21(15)24(22)33-19/h6-12,26,29H,1-5H3/t12-,25+/m1/s1. The SMILES string of the molecule is COc1cccc2cc3cc(OC(C)=O)c4c(=O)cc([C@@](C)(O)[C@@H](C)O)oc4c3c(OC)c12. The van der Waals surface area contributed by atoms with Crippen molar-refractivity contribution < 1.29 is 33.6 Å². The summed E-state index contributed by atoms with van der Waals surface area (Å²) in [5.41, 5.74) is -2.34. The largest absolute Gasteiger partial charge is 0.496 e. The molecular formula is C25H24O8. The Bertz CT molecular complexity index is 1460. The molecule has 172 valence electrons. The van der Waals surface area contributed by atoms with Crippen LogP contribution in [0, 0.1) is 0 Å². The van der Waals surface area contributed by atoms with Gasteiger partial charge >= 0.3 is 5.97 Å². The molecule has 1 aromatic heterocycles. The number of hydrogen-bond donors (Lipinski definition) is 2. The molecule has 3 aromatic carbocycles. The van der Waals surface area contributed by atoms with Crippen LogP contribution in [0.5, 0.6) is 17.2 Å². The van der Waals surface area contributed by atoms with Gasteiger partial charge < -0.3 is 28.8 Å². The minimum Gasteiger partial charge on any atom is -0.496 e. The number of carbonyl (C=O) groups excluding carboxylic acids is 1. The van der Waals surface area contributed by atoms with Gasteiger partial charge in [-0.05, 0) is 42.8 Å². The van der Waals surface area contributed by atoms with Crippen molar-refractivity contribution in [3.05, 3.63) is 52.4 Å². The minimum atomic E-state index is -1.85. The van der Waals surface area contributed by atoms with E-state index in [2.05, 4.69) is 0 Å². The van der Waals surface area contributed by atoms with Crippen molar-refractivity contribution in [2.45, 2.75) is 32.5 Å². The van der Waals surface area contributed by atoms with Gasteiger partial charge in [0.1, 0.15) is 34.0 Å². The van der Waals surface area contributed by atoms with E-state index in [1.165, 1.54) is 27.9 Å². The number of aliphatic hydroxyl groups is 2. The quantitative estimate of drug-likeness (QED) is 0.204. The second-order valence-electron chi connectivity index (χ2n) is 8.04. The maximum Gasteiger partial charge on any atom is 0.308 e. The number of esters is 1. The van der Waals surface area contributed by atoms with Crippen molar-refractivity contribution in [3.8, 4) is 17.2 Å². The van der Waals surface area contributed by atoms with E-state index in [0.29, 0.717) is 27.7 Å². The minimum absolute atomic E-state index is 0.00962. The van der Waals surface area contributed by atoms with Crippen molar-refractivity contribution in [1.29, 1.82) is 0 Å². The number of fused-ring (bicyclic) bond motifs is 4. The molecule has 4 aromatic rings. The zero-order valence-electron chi connectivity index (χ0n) is 18.9. The van der Waals surface area contributed by atoms with Gasteiger partial charge in [-0.1, -0.05) is 12.1 Å². The van der Waals surface area contributed by atoms with Crippen LogP contribution in [0.25, 0.3) is 32.5 Å². The Morgan fingerprint density at radius 1 is 1.03 bits per heavy atom. The van der Waals surface area contributed by atoms with Crippen LogP contribution in [0.2, 0.25) is 0 Å². The molecule has 2 N–H and O–H groups in total. The number of carbonyl (C=O) groups is 1. The summed E-state index contributed by atoms with van der Waals surface area (Å²) in [4.78, 5) is 25.0. The predicted octanol–water partition coefficient (Wildman–Crippen LogP) is 3.63. The molecule has 0 bridgehead atoms. The van der Waals surface area contributed by atoms with Gasteiger partial charge in [0.25, 0.3) is 0 Å². The van der Waals surface area contributed by atoms with Gasteiger partial charge in [0.2, 0.25) is 0 Å². The van der Waals surface area contributed by atoms with E-state index in [0.717, 1.165) is 11.5 Å². The zero-order chi connectivity index (χ0) is 24.1. The molecule has 2 atom stereocenters. The third kappa shape index (κ3) is 3.57. The highest BCUT2D eigenvalue weighted by atomic mass is 16.5. The van der Waals surface area contributed by atoms with Crippen molar-refractivity contribution in [2.24, 2.45) is 0 Å². The van der Waals surface area contributed by atoms with E-state index in [9.17, 15) is 19.8 Å². The van der Waals surface area contributed by atoms with Gasteiger partial charge in [-0.2, -0.15) is 0 Å². The fourth-order valence-electron chi connectivity index (χ4n) is 3.94. The van der Waals surface area contributed by atoms with E-state index in [4.69, 9.17) is 18.6 Å². The molecule has 0 saturated carbocycles. The molecule has 0 amide bonds. The van der Waals surface area contributed by atoms with Crippen LogP contribution >= 0.6 is 0 Å². The van der Waals surface area contributed by atoms with Gasteiger partial charge in [0, 0.05) is 13.0 Å². The number of rotatable bonds is 5. The third-order valence-corrected chi connectivity index (χ3v) is 5.81. The summed E-state index contributed by atoms with van der Waals surface area (Å²) >= 11 is 0. The Labute approximate surface area is 188 Å². The molecule has 0 aliphatic carbocycles. The highest BCUT2D eigenvalue weighted by molar-refractivity contribution is 6.17. The lowest BCUT2D eigenvalue weighted by Crippen LogP contribution is -2.35. The predicted molar refractivity (Wildman–Crippen MR) is 123 cm³/mol. The summed E-state index contributed by atoms with van der Waals surface area (Å²) in [6.07, 6.45) is -1.23. The monoisotopic (exact) mass is 452 g/mol. The molecule has 1 heterocycles. The summed E-state index contributed by atoms with van der Waals surface area (Å²) in [5.74, 6) is 0.212. The number of ether oxygens (including phenoxy) is 3. The van der Waals surface area contributed by atoms with Crippen LogP contribution in [0.3, 0.4) is 0 Å². The van der Waals surface area contributed by atoms with Crippen LogP contribution < -0.4 is 19.6 Å². The maximum absolute atomic E-state index is 13.2. The van der Waals surface area contributed by atoms with Crippen molar-refractivity contribution in [3.63, 3.8) is 0 Å². The van der Waals surface area contributed by atoms with Gasteiger partial charge in [0.15, 0.2) is 11.0 Å². The van der Waals surface area contributed by atoms with Crippen molar-refractivity contribution in [2.75, 3.05) is 14.2 Å². The Morgan fingerprint density at radius 2 is 1.76 bits per heavy atom. The van der Waals surface area contributed by atoms with Crippen molar-refractivity contribution >= 4 is 38.5 Å². The molecule has 0 radical (unpaired) electrons. The summed E-state index contributed by atoms with van der Waals surface area (Å²) in [7, 11) is 3.03. The lowest BCUT2D eigenvalue weighted by molar-refractivity contribution is -0.131. The van der Waals surface area contributed by atoms with Crippen LogP contribution in [0.4, 0.5) is 0 Å². The molecule has 33 heavy (non-hydrogen) atoms. The second-order valence-corrected chi connectivity index (χ2v) is 8.04. The van der Waals surface area contributed by atoms with Gasteiger partial charge in [-0.25, -0.2) is 0 Å². The molecule has 4 rings (SSSR count). The second kappa shape index (κ2) is 8.06. The van der Waals surface area contributed by atoms with E-state index in [1.54, 1.807) is 19.2 Å². The summed E-state index contributed by atoms with van der Waals surface area (Å²) < 4.78 is 22.7. The first-order valence-corrected chi connectivity index (χ1v) is 10.3. The van der Waals surface area contributed by atoms with Gasteiger partial charge in [-0.3, -0.25) is 9.59 Å². The topological polar surface area (TPSA) is 115 Å². The smallest absolute Gasteiger partial charge is 0.308 e. The Kier molecular flexibility index (Phi) is 5.51. The molecule has 0 spiro atoms. The third-order valence-electron chi connectivity index (χ3n) is 5.81. The number of benzene rings is 3. The zero-order valence-corrected chi connectivity index (χ0v) is 18.9. The van der Waals surface area contributed by atoms with E-state index in [-0.39, 0.29) is 22.5 Å². The van der Waals surface area contributed by atoms with Crippen LogP contribution in [0.15, 0.2) is 45.6 Å². The van der Waals surface area contributed by atoms with Crippen LogP contribution in [0.1, 0.15) is 26.5 Å². The number of aliphatic hydroxyl groups excluding tert-OH is 1. The van der Waals surface area contributed by atoms with Crippen LogP contribution in [-0.4, -0.2) is 36.5 Å². The first-order valence-electron chi connectivity index (χ1n) is 10.3. The maximum atomic E-state index is 13.2. The van der Waals surface area contributed by atoms with Crippen LogP contribution in [-0.2, 0) is 10.4 Å². The first kappa shape index (κ1) is 22.6. The molecule has 0 unspecified atom stereocenters. The number of methoxy groups -OCH3 is 2. The molecule has 8 heteroatoms. The van der Waals surface area contributed by atoms with E-state index < -0.39 is 23.1 Å². The van der Waals surface area contributed by atoms with Gasteiger partial charge in [0.05, 0.1) is 31.1 Å². The fourth-order valence-corrected chi connectivity index (χ4v) is 3.94. The summed E-state index contributed by atoms with van der Waals surface area (Å²) in [5, 5.41) is 23.3. The Hall–Kier alpha value is -3.62. The molecule has 0 aliphatic rings. The average Bonchev–Trinajstić information content (AvgIpc) is 2.76. The average molecular weight is 452 g/mol. The summed E-state index contributed by atoms with van der Waals surface area (Å²) in [6.45, 7) is 3.96. The Morgan fingerprint density at radius 3 is 2.36 bits per heavy atom. The Balaban J connectivity index is 2.29. The van der Waals surface area contributed by atoms with Gasteiger partial charge in [-0.15, -0.1) is 0 Å². The molecule has 0 fully saturated rings. The molecule has 0 saturated heterocycles. The van der Waals surface area contributed by atoms with E-state index >= 15 is 0 Å². The molecule has 0 aliphatic heterocycles. The highest BCUT2D eigenvalue weighted by Gasteiger charge is 2.34. The highest BCUT2D eigenvalue weighted by Crippen LogP contribution is 2.45. The molecule has 8 nitrogen and oxygen atoms in total. The molecular weight excluding hydrogens is 428 g/mol. The number of hydrogen-bond acceptors (Lipinski definition) is 8. The summed E-state index contributed by atoms with van der Waals surface area (Å²) in [6, 6.07) is 9.98. The normalized spacial score (nSPS) is 14.3. The van der Waals surface area contributed by atoms with Crippen molar-refractivity contribution in [1.82, 2.24) is 0 Å². The lowest BCUT2D eigenvalue weighted by Gasteiger charge is -2.25. The fraction of sp³-hybridized carbons (Fsp3) is 0.280.